The first-order valence-electron chi connectivity index (χ1n) is 8.42. The van der Waals surface area contributed by atoms with Gasteiger partial charge in [0.05, 0.1) is 5.57 Å². The molecule has 1 aliphatic rings. The van der Waals surface area contributed by atoms with E-state index in [0.29, 0.717) is 16.7 Å². The molecule has 0 spiro atoms. The number of hydrogen-bond acceptors (Lipinski definition) is 4. The van der Waals surface area contributed by atoms with Gasteiger partial charge in [0.1, 0.15) is 4.90 Å². The van der Waals surface area contributed by atoms with Crippen molar-refractivity contribution in [1.82, 2.24) is 0 Å². The fraction of sp³-hybridized carbons (Fsp3) is 0.0455. The standard InChI is InChI=1S/C22H16O4S/c1-15-11-13-17(14-12-15)27(24,25)26-22-19-10-6-5-9-18(19)21(23)20(22)16-7-3-2-4-8-16/h2-14H,1H3. The third-order valence-electron chi connectivity index (χ3n) is 4.44. The van der Waals surface area contributed by atoms with Crippen LogP contribution in [0.25, 0.3) is 11.3 Å². The van der Waals surface area contributed by atoms with Gasteiger partial charge in [-0.05, 0) is 24.6 Å². The first kappa shape index (κ1) is 17.2. The van der Waals surface area contributed by atoms with Crippen molar-refractivity contribution in [3.63, 3.8) is 0 Å². The number of benzene rings is 3. The Kier molecular flexibility index (Phi) is 4.16. The van der Waals surface area contributed by atoms with Crippen LogP contribution in [0.5, 0.6) is 0 Å². The minimum absolute atomic E-state index is 0.0461. The summed E-state index contributed by atoms with van der Waals surface area (Å²) in [5.41, 5.74) is 2.74. The van der Waals surface area contributed by atoms with E-state index in [9.17, 15) is 13.2 Å². The first-order chi connectivity index (χ1) is 13.0. The molecule has 4 rings (SSSR count). The molecule has 134 valence electrons. The van der Waals surface area contributed by atoms with Gasteiger partial charge in [0.2, 0.25) is 0 Å². The minimum atomic E-state index is -4.08. The van der Waals surface area contributed by atoms with Crippen molar-refractivity contribution in [3.8, 4) is 0 Å². The first-order valence-corrected chi connectivity index (χ1v) is 9.83. The Morgan fingerprint density at radius 3 is 2.00 bits per heavy atom. The van der Waals surface area contributed by atoms with Crippen LogP contribution >= 0.6 is 0 Å². The largest absolute Gasteiger partial charge is 0.377 e. The Morgan fingerprint density at radius 2 is 1.33 bits per heavy atom. The third-order valence-corrected chi connectivity index (χ3v) is 5.67. The average molecular weight is 376 g/mol. The molecule has 5 heteroatoms. The molecule has 4 nitrogen and oxygen atoms in total. The van der Waals surface area contributed by atoms with E-state index in [4.69, 9.17) is 4.18 Å². The predicted molar refractivity (Wildman–Crippen MR) is 103 cm³/mol. The number of rotatable bonds is 4. The smallest absolute Gasteiger partial charge is 0.339 e. The van der Waals surface area contributed by atoms with Gasteiger partial charge in [0.15, 0.2) is 11.5 Å². The van der Waals surface area contributed by atoms with Gasteiger partial charge >= 0.3 is 10.1 Å². The molecule has 0 saturated heterocycles. The quantitative estimate of drug-likeness (QED) is 0.631. The monoisotopic (exact) mass is 376 g/mol. The zero-order valence-electron chi connectivity index (χ0n) is 14.5. The van der Waals surface area contributed by atoms with E-state index in [1.807, 2.05) is 13.0 Å². The van der Waals surface area contributed by atoms with E-state index < -0.39 is 10.1 Å². The van der Waals surface area contributed by atoms with Crippen LogP contribution in [-0.2, 0) is 14.3 Å². The van der Waals surface area contributed by atoms with Crippen LogP contribution in [0.3, 0.4) is 0 Å². The van der Waals surface area contributed by atoms with Crippen molar-refractivity contribution in [3.05, 3.63) is 101 Å². The highest BCUT2D eigenvalue weighted by Gasteiger charge is 2.34. The van der Waals surface area contributed by atoms with Crippen LogP contribution in [0.1, 0.15) is 27.0 Å². The Balaban J connectivity index is 1.87. The zero-order chi connectivity index (χ0) is 19.0. The number of fused-ring (bicyclic) bond motifs is 1. The number of hydrogen-bond donors (Lipinski definition) is 0. The third kappa shape index (κ3) is 3.06. The number of allylic oxidation sites excluding steroid dienone is 1. The number of Topliss-reactive ketones (excluding diaryl/α,β-unsaturated/α-hetero) is 1. The lowest BCUT2D eigenvalue weighted by molar-refractivity contribution is 0.105. The molecular weight excluding hydrogens is 360 g/mol. The molecule has 0 radical (unpaired) electrons. The molecule has 0 aliphatic heterocycles. The van der Waals surface area contributed by atoms with E-state index in [0.717, 1.165) is 5.56 Å². The number of aryl methyl sites for hydroxylation is 1. The molecule has 0 unspecified atom stereocenters. The molecule has 1 aliphatic carbocycles. The molecule has 27 heavy (non-hydrogen) atoms. The average Bonchev–Trinajstić information content (AvgIpc) is 2.94. The summed E-state index contributed by atoms with van der Waals surface area (Å²) >= 11 is 0. The van der Waals surface area contributed by atoms with Crippen LogP contribution in [-0.4, -0.2) is 14.2 Å². The van der Waals surface area contributed by atoms with Crippen molar-refractivity contribution >= 4 is 27.2 Å². The summed E-state index contributed by atoms with van der Waals surface area (Å²) in [5, 5.41) is 0. The molecule has 0 fully saturated rings. The van der Waals surface area contributed by atoms with Crippen molar-refractivity contribution in [1.29, 1.82) is 0 Å². The molecule has 0 aromatic heterocycles. The Bertz CT molecular complexity index is 1160. The maximum atomic E-state index is 12.9. The Hall–Kier alpha value is -3.18. The topological polar surface area (TPSA) is 60.4 Å². The van der Waals surface area contributed by atoms with E-state index in [1.54, 1.807) is 60.7 Å². The minimum Gasteiger partial charge on any atom is -0.377 e. The van der Waals surface area contributed by atoms with Gasteiger partial charge in [0.25, 0.3) is 0 Å². The Morgan fingerprint density at radius 1 is 0.741 bits per heavy atom. The molecule has 3 aromatic rings. The van der Waals surface area contributed by atoms with Crippen LogP contribution in [0.4, 0.5) is 0 Å². The normalized spacial score (nSPS) is 13.6. The molecule has 0 N–H and O–H groups in total. The maximum absolute atomic E-state index is 12.9. The second kappa shape index (κ2) is 6.52. The summed E-state index contributed by atoms with van der Waals surface area (Å²) < 4.78 is 31.2. The van der Waals surface area contributed by atoms with Crippen LogP contribution in [0.15, 0.2) is 83.8 Å². The fourth-order valence-corrected chi connectivity index (χ4v) is 4.03. The van der Waals surface area contributed by atoms with E-state index in [1.165, 1.54) is 12.1 Å². The lowest BCUT2D eigenvalue weighted by Gasteiger charge is -2.11. The highest BCUT2D eigenvalue weighted by Crippen LogP contribution is 2.40. The molecule has 3 aromatic carbocycles. The number of carbonyl (C=O) groups is 1. The van der Waals surface area contributed by atoms with Crippen molar-refractivity contribution in [2.24, 2.45) is 0 Å². The summed E-state index contributed by atoms with van der Waals surface area (Å²) in [6, 6.07) is 22.2. The molecule has 0 saturated carbocycles. The molecule has 0 bridgehead atoms. The van der Waals surface area contributed by atoms with Gasteiger partial charge in [-0.15, -0.1) is 0 Å². The summed E-state index contributed by atoms with van der Waals surface area (Å²) in [4.78, 5) is 13.0. The number of ketones is 1. The van der Waals surface area contributed by atoms with Gasteiger partial charge in [-0.3, -0.25) is 4.79 Å². The predicted octanol–water partition coefficient (Wildman–Crippen LogP) is 4.47. The lowest BCUT2D eigenvalue weighted by Crippen LogP contribution is -2.06. The lowest BCUT2D eigenvalue weighted by atomic mass is 10.0. The highest BCUT2D eigenvalue weighted by molar-refractivity contribution is 7.87. The van der Waals surface area contributed by atoms with Crippen LogP contribution in [0, 0.1) is 6.92 Å². The second-order valence-electron chi connectivity index (χ2n) is 6.30. The molecule has 0 atom stereocenters. The summed E-state index contributed by atoms with van der Waals surface area (Å²) in [5.74, 6) is -0.173. The van der Waals surface area contributed by atoms with E-state index >= 15 is 0 Å². The molecule has 0 amide bonds. The van der Waals surface area contributed by atoms with Gasteiger partial charge in [-0.1, -0.05) is 72.3 Å². The summed E-state index contributed by atoms with van der Waals surface area (Å²) in [6.07, 6.45) is 0. The zero-order valence-corrected chi connectivity index (χ0v) is 15.4. The molecule has 0 heterocycles. The van der Waals surface area contributed by atoms with Crippen LogP contribution < -0.4 is 0 Å². The summed E-state index contributed by atoms with van der Waals surface area (Å²) in [6.45, 7) is 1.87. The van der Waals surface area contributed by atoms with Gasteiger partial charge in [0, 0.05) is 11.1 Å². The van der Waals surface area contributed by atoms with E-state index in [2.05, 4.69) is 0 Å². The van der Waals surface area contributed by atoms with Crippen molar-refractivity contribution < 1.29 is 17.4 Å². The maximum Gasteiger partial charge on any atom is 0.339 e. The van der Waals surface area contributed by atoms with Crippen molar-refractivity contribution in [2.75, 3.05) is 0 Å². The van der Waals surface area contributed by atoms with Gasteiger partial charge in [-0.2, -0.15) is 8.42 Å². The van der Waals surface area contributed by atoms with Gasteiger partial charge in [-0.25, -0.2) is 0 Å². The second-order valence-corrected chi connectivity index (χ2v) is 7.84. The van der Waals surface area contributed by atoms with Crippen molar-refractivity contribution in [2.45, 2.75) is 11.8 Å². The fourth-order valence-electron chi connectivity index (χ4n) is 3.07. The van der Waals surface area contributed by atoms with Gasteiger partial charge < -0.3 is 4.18 Å². The van der Waals surface area contributed by atoms with Crippen LogP contribution in [0.2, 0.25) is 0 Å². The summed E-state index contributed by atoms with van der Waals surface area (Å²) in [7, 11) is -4.08. The highest BCUT2D eigenvalue weighted by atomic mass is 32.2. The molecular formula is C22H16O4S. The number of carbonyl (C=O) groups excluding carboxylic acids is 1. The SMILES string of the molecule is Cc1ccc(S(=O)(=O)OC2=C(c3ccccc3)C(=O)c3ccccc32)cc1. The Labute approximate surface area is 157 Å². The van der Waals surface area contributed by atoms with E-state index in [-0.39, 0.29) is 22.0 Å².